The van der Waals surface area contributed by atoms with E-state index in [1.165, 1.54) is 16.4 Å². The van der Waals surface area contributed by atoms with Gasteiger partial charge in [-0.15, -0.1) is 0 Å². The predicted molar refractivity (Wildman–Crippen MR) is 76.9 cm³/mol. The first-order chi connectivity index (χ1) is 9.87. The number of sulfonamides is 1. The van der Waals surface area contributed by atoms with Crippen LogP contribution in [0.5, 0.6) is 0 Å². The van der Waals surface area contributed by atoms with Crippen LogP contribution >= 0.6 is 11.6 Å². The van der Waals surface area contributed by atoms with E-state index in [1.54, 1.807) is 0 Å². The Morgan fingerprint density at radius 2 is 2.24 bits per heavy atom. The highest BCUT2D eigenvalue weighted by atomic mass is 35.5. The van der Waals surface area contributed by atoms with Crippen molar-refractivity contribution in [1.29, 1.82) is 0 Å². The van der Waals surface area contributed by atoms with Gasteiger partial charge in [0.25, 0.3) is 5.69 Å². The number of nitro benzene ring substituents is 1. The van der Waals surface area contributed by atoms with E-state index in [4.69, 9.17) is 16.3 Å². The van der Waals surface area contributed by atoms with Gasteiger partial charge in [0.1, 0.15) is 5.02 Å². The lowest BCUT2D eigenvalue weighted by atomic mass is 10.2. The van der Waals surface area contributed by atoms with E-state index in [9.17, 15) is 18.5 Å². The lowest BCUT2D eigenvalue weighted by molar-refractivity contribution is -0.384. The molecule has 1 atom stereocenters. The molecule has 1 aliphatic rings. The minimum Gasteiger partial charge on any atom is -0.378 e. The molecule has 0 aliphatic carbocycles. The Morgan fingerprint density at radius 1 is 1.52 bits per heavy atom. The minimum atomic E-state index is -3.81. The van der Waals surface area contributed by atoms with Crippen LogP contribution < -0.4 is 0 Å². The fourth-order valence-electron chi connectivity index (χ4n) is 2.21. The van der Waals surface area contributed by atoms with Gasteiger partial charge in [-0.2, -0.15) is 4.31 Å². The molecule has 116 valence electrons. The highest BCUT2D eigenvalue weighted by Gasteiger charge is 2.34. The van der Waals surface area contributed by atoms with Crippen LogP contribution in [-0.4, -0.2) is 43.4 Å². The molecule has 2 rings (SSSR count). The second kappa shape index (κ2) is 6.27. The van der Waals surface area contributed by atoms with Crippen molar-refractivity contribution in [3.63, 3.8) is 0 Å². The summed E-state index contributed by atoms with van der Waals surface area (Å²) in [6, 6.07) is 3.25. The summed E-state index contributed by atoms with van der Waals surface area (Å²) < 4.78 is 31.9. The maximum Gasteiger partial charge on any atom is 0.289 e. The summed E-state index contributed by atoms with van der Waals surface area (Å²) in [7, 11) is -3.81. The second-order valence-electron chi connectivity index (χ2n) is 4.62. The standard InChI is InChI=1S/C12H15ClN2O5S/c1-2-9-8-20-6-5-14(9)21(18,19)10-3-4-11(13)12(7-10)15(16)17/h3-4,7,9H,2,5-6,8H2,1H3. The SMILES string of the molecule is CCC1COCCN1S(=O)(=O)c1ccc(Cl)c([N+](=O)[O-])c1. The van der Waals surface area contributed by atoms with Crippen molar-refractivity contribution in [3.05, 3.63) is 33.3 Å². The minimum absolute atomic E-state index is 0.0898. The van der Waals surface area contributed by atoms with Gasteiger partial charge < -0.3 is 4.74 Å². The van der Waals surface area contributed by atoms with Crippen LogP contribution in [-0.2, 0) is 14.8 Å². The average molecular weight is 335 g/mol. The number of ether oxygens (including phenoxy) is 1. The van der Waals surface area contributed by atoms with Crippen LogP contribution in [0.2, 0.25) is 5.02 Å². The molecule has 1 saturated heterocycles. The molecule has 1 aliphatic heterocycles. The van der Waals surface area contributed by atoms with E-state index >= 15 is 0 Å². The third kappa shape index (κ3) is 3.18. The molecule has 9 heteroatoms. The van der Waals surface area contributed by atoms with Gasteiger partial charge in [-0.25, -0.2) is 8.42 Å². The monoisotopic (exact) mass is 334 g/mol. The molecule has 1 aromatic rings. The van der Waals surface area contributed by atoms with Crippen LogP contribution in [0.4, 0.5) is 5.69 Å². The number of benzene rings is 1. The zero-order valence-electron chi connectivity index (χ0n) is 11.4. The average Bonchev–Trinajstić information content (AvgIpc) is 2.47. The fraction of sp³-hybridized carbons (Fsp3) is 0.500. The molecule has 0 aromatic heterocycles. The molecule has 0 spiro atoms. The van der Waals surface area contributed by atoms with Crippen molar-refractivity contribution < 1.29 is 18.1 Å². The summed E-state index contributed by atoms with van der Waals surface area (Å²) >= 11 is 5.71. The summed E-state index contributed by atoms with van der Waals surface area (Å²) in [5.41, 5.74) is -0.418. The van der Waals surface area contributed by atoms with E-state index < -0.39 is 20.6 Å². The van der Waals surface area contributed by atoms with E-state index in [1.807, 2.05) is 6.92 Å². The third-order valence-corrected chi connectivity index (χ3v) is 5.63. The Hall–Kier alpha value is -1.22. The van der Waals surface area contributed by atoms with Crippen LogP contribution in [0.25, 0.3) is 0 Å². The molecule has 0 radical (unpaired) electrons. The number of rotatable bonds is 4. The molecule has 0 N–H and O–H groups in total. The maximum atomic E-state index is 12.6. The first kappa shape index (κ1) is 16.2. The molecule has 0 bridgehead atoms. The number of halogens is 1. The molecule has 21 heavy (non-hydrogen) atoms. The molecule has 7 nitrogen and oxygen atoms in total. The fourth-order valence-corrected chi connectivity index (χ4v) is 4.08. The Labute approximate surface area is 127 Å². The normalized spacial score (nSPS) is 20.4. The van der Waals surface area contributed by atoms with Crippen LogP contribution in [0, 0.1) is 10.1 Å². The number of hydrogen-bond donors (Lipinski definition) is 0. The number of nitro groups is 1. The van der Waals surface area contributed by atoms with Crippen molar-refractivity contribution in [2.24, 2.45) is 0 Å². The lowest BCUT2D eigenvalue weighted by Gasteiger charge is -2.33. The number of nitrogens with zero attached hydrogens (tertiary/aromatic N) is 2. The van der Waals surface area contributed by atoms with Gasteiger partial charge in [0.2, 0.25) is 10.0 Å². The van der Waals surface area contributed by atoms with Crippen LogP contribution in [0.15, 0.2) is 23.1 Å². The predicted octanol–water partition coefficient (Wildman–Crippen LogP) is 2.05. The zero-order valence-corrected chi connectivity index (χ0v) is 12.9. The second-order valence-corrected chi connectivity index (χ2v) is 6.92. The van der Waals surface area contributed by atoms with Gasteiger partial charge in [0.05, 0.1) is 23.0 Å². The summed E-state index contributed by atoms with van der Waals surface area (Å²) in [6.07, 6.45) is 0.606. The molecule has 1 heterocycles. The first-order valence-corrected chi connectivity index (χ1v) is 8.23. The molecule has 0 amide bonds. The van der Waals surface area contributed by atoms with Crippen molar-refractivity contribution in [3.8, 4) is 0 Å². The number of morpholine rings is 1. The molecule has 1 aromatic carbocycles. The Kier molecular flexibility index (Phi) is 4.82. The van der Waals surface area contributed by atoms with Gasteiger partial charge in [0, 0.05) is 18.7 Å². The van der Waals surface area contributed by atoms with Gasteiger partial charge in [0.15, 0.2) is 0 Å². The van der Waals surface area contributed by atoms with Crippen LogP contribution in [0.1, 0.15) is 13.3 Å². The summed E-state index contributed by atoms with van der Waals surface area (Å²) in [6.45, 7) is 2.74. The molecule has 1 fully saturated rings. The molecular formula is C12H15ClN2O5S. The summed E-state index contributed by atoms with van der Waals surface area (Å²) in [5.74, 6) is 0. The Bertz CT molecular complexity index is 649. The highest BCUT2D eigenvalue weighted by molar-refractivity contribution is 7.89. The quantitative estimate of drug-likeness (QED) is 0.621. The Morgan fingerprint density at radius 3 is 2.86 bits per heavy atom. The van der Waals surface area contributed by atoms with Crippen molar-refractivity contribution in [2.45, 2.75) is 24.3 Å². The zero-order chi connectivity index (χ0) is 15.6. The summed E-state index contributed by atoms with van der Waals surface area (Å²) in [4.78, 5) is 10.1. The van der Waals surface area contributed by atoms with Gasteiger partial charge >= 0.3 is 0 Å². The van der Waals surface area contributed by atoms with Crippen LogP contribution in [0.3, 0.4) is 0 Å². The number of hydrogen-bond acceptors (Lipinski definition) is 5. The van der Waals surface area contributed by atoms with E-state index in [2.05, 4.69) is 0 Å². The van der Waals surface area contributed by atoms with Crippen molar-refractivity contribution >= 4 is 27.3 Å². The largest absolute Gasteiger partial charge is 0.378 e. The third-order valence-electron chi connectivity index (χ3n) is 3.37. The van der Waals surface area contributed by atoms with Crippen molar-refractivity contribution in [2.75, 3.05) is 19.8 Å². The topological polar surface area (TPSA) is 89.8 Å². The molecule has 0 saturated carbocycles. The molecule has 1 unspecified atom stereocenters. The van der Waals surface area contributed by atoms with E-state index in [-0.39, 0.29) is 22.5 Å². The van der Waals surface area contributed by atoms with Gasteiger partial charge in [-0.05, 0) is 18.6 Å². The van der Waals surface area contributed by atoms with Gasteiger partial charge in [-0.1, -0.05) is 18.5 Å². The van der Waals surface area contributed by atoms with Crippen molar-refractivity contribution in [1.82, 2.24) is 4.31 Å². The van der Waals surface area contributed by atoms with E-state index in [0.29, 0.717) is 19.6 Å². The summed E-state index contributed by atoms with van der Waals surface area (Å²) in [5, 5.41) is 10.8. The van der Waals surface area contributed by atoms with E-state index in [0.717, 1.165) is 6.07 Å². The first-order valence-electron chi connectivity index (χ1n) is 6.41. The maximum absolute atomic E-state index is 12.6. The lowest BCUT2D eigenvalue weighted by Crippen LogP contribution is -2.48. The Balaban J connectivity index is 2.43. The highest BCUT2D eigenvalue weighted by Crippen LogP contribution is 2.30. The molecular weight excluding hydrogens is 320 g/mol. The van der Waals surface area contributed by atoms with Gasteiger partial charge in [-0.3, -0.25) is 10.1 Å². The smallest absolute Gasteiger partial charge is 0.289 e.